The van der Waals surface area contributed by atoms with Crippen molar-refractivity contribution in [1.82, 2.24) is 19.1 Å². The summed E-state index contributed by atoms with van der Waals surface area (Å²) in [6.07, 6.45) is 1.57. The van der Waals surface area contributed by atoms with E-state index in [1.165, 1.54) is 0 Å². The summed E-state index contributed by atoms with van der Waals surface area (Å²) >= 11 is 6.31. The Hall–Kier alpha value is -2.33. The molecule has 5 rings (SSSR count). The molecule has 2 heterocycles. The van der Waals surface area contributed by atoms with Crippen molar-refractivity contribution in [2.75, 3.05) is 12.3 Å². The zero-order valence-electron chi connectivity index (χ0n) is 18.8. The average Bonchev–Trinajstić information content (AvgIpc) is 3.46. The first-order valence-electron chi connectivity index (χ1n) is 11.3. The lowest BCUT2D eigenvalue weighted by Gasteiger charge is -2.24. The van der Waals surface area contributed by atoms with Gasteiger partial charge in [0.15, 0.2) is 11.0 Å². The van der Waals surface area contributed by atoms with E-state index in [1.807, 2.05) is 65.2 Å². The third-order valence-electron chi connectivity index (χ3n) is 5.97. The number of rotatable bonds is 7. The summed E-state index contributed by atoms with van der Waals surface area (Å²) in [5, 5.41) is 11.6. The van der Waals surface area contributed by atoms with Crippen molar-refractivity contribution in [1.29, 1.82) is 0 Å². The normalized spacial score (nSPS) is 19.1. The highest BCUT2D eigenvalue weighted by molar-refractivity contribution is 7.99. The molecule has 3 aromatic carbocycles. The number of aromatic nitrogens is 3. The largest absolute Gasteiger partial charge is 0.273 e. The van der Waals surface area contributed by atoms with Gasteiger partial charge < -0.3 is 0 Å². The molecule has 0 N–H and O–H groups in total. The zero-order chi connectivity index (χ0) is 23.7. The van der Waals surface area contributed by atoms with Gasteiger partial charge in [-0.25, -0.2) is 8.42 Å². The summed E-state index contributed by atoms with van der Waals surface area (Å²) < 4.78 is 31.3. The summed E-state index contributed by atoms with van der Waals surface area (Å²) in [6.45, 7) is 2.44. The fourth-order valence-corrected chi connectivity index (χ4v) is 7.33. The Morgan fingerprint density at radius 3 is 2.50 bits per heavy atom. The van der Waals surface area contributed by atoms with Crippen LogP contribution in [0.25, 0.3) is 16.5 Å². The van der Waals surface area contributed by atoms with Crippen LogP contribution < -0.4 is 0 Å². The topological polar surface area (TPSA) is 68.1 Å². The molecular formula is C25H26N4O2S3. The van der Waals surface area contributed by atoms with Crippen molar-refractivity contribution < 1.29 is 8.42 Å². The van der Waals surface area contributed by atoms with Crippen LogP contribution in [0.1, 0.15) is 31.6 Å². The smallest absolute Gasteiger partial charge is 0.243 e. The van der Waals surface area contributed by atoms with Gasteiger partial charge in [0.05, 0.1) is 10.9 Å². The van der Waals surface area contributed by atoms with Gasteiger partial charge in [0.2, 0.25) is 10.0 Å². The second-order valence-electron chi connectivity index (χ2n) is 8.35. The van der Waals surface area contributed by atoms with E-state index < -0.39 is 16.1 Å². The van der Waals surface area contributed by atoms with Crippen LogP contribution in [0.15, 0.2) is 82.8 Å². The molecule has 34 heavy (non-hydrogen) atoms. The summed E-state index contributed by atoms with van der Waals surface area (Å²) in [5.41, 5.74) is 0.923. The van der Waals surface area contributed by atoms with Gasteiger partial charge in [0.25, 0.3) is 0 Å². The zero-order valence-corrected chi connectivity index (χ0v) is 21.3. The van der Waals surface area contributed by atoms with Gasteiger partial charge in [-0.2, -0.15) is 16.9 Å². The second kappa shape index (κ2) is 9.73. The molecule has 2 atom stereocenters. The lowest BCUT2D eigenvalue weighted by atomic mass is 10.1. The lowest BCUT2D eigenvalue weighted by molar-refractivity contribution is 0.379. The van der Waals surface area contributed by atoms with Crippen molar-refractivity contribution in [2.24, 2.45) is 0 Å². The summed E-state index contributed by atoms with van der Waals surface area (Å²) in [7, 11) is -3.77. The predicted octanol–water partition coefficient (Wildman–Crippen LogP) is 5.36. The molecule has 1 saturated heterocycles. The SMILES string of the molecule is CCCSc1nnc([C@@H]2C[C@@H](S)CN2S(=O)(=O)c2ccc3ccccc3c2)n1-c1ccccc1. The number of thiol groups is 1. The van der Waals surface area contributed by atoms with Gasteiger partial charge in [-0.1, -0.05) is 67.2 Å². The van der Waals surface area contributed by atoms with E-state index in [2.05, 4.69) is 29.7 Å². The molecule has 1 aliphatic heterocycles. The van der Waals surface area contributed by atoms with E-state index in [1.54, 1.807) is 28.2 Å². The number of sulfonamides is 1. The number of hydrogen-bond acceptors (Lipinski definition) is 6. The first-order chi connectivity index (χ1) is 16.5. The Labute approximate surface area is 209 Å². The van der Waals surface area contributed by atoms with Crippen LogP contribution in [0, 0.1) is 0 Å². The van der Waals surface area contributed by atoms with Crippen LogP contribution in [0.5, 0.6) is 0 Å². The summed E-state index contributed by atoms with van der Waals surface area (Å²) in [6, 6.07) is 22.5. The first-order valence-corrected chi connectivity index (χ1v) is 14.3. The van der Waals surface area contributed by atoms with Gasteiger partial charge in [-0.05, 0) is 47.9 Å². The molecule has 1 aliphatic rings. The van der Waals surface area contributed by atoms with Crippen molar-refractivity contribution in [3.63, 3.8) is 0 Å². The number of nitrogens with zero attached hydrogens (tertiary/aromatic N) is 4. The summed E-state index contributed by atoms with van der Waals surface area (Å²) in [4.78, 5) is 0.282. The van der Waals surface area contributed by atoms with E-state index in [4.69, 9.17) is 0 Å². The highest BCUT2D eigenvalue weighted by atomic mass is 32.2. The maximum Gasteiger partial charge on any atom is 0.243 e. The standard InChI is InChI=1S/C25H26N4O2S3/c1-2-14-33-25-27-26-24(29(25)20-10-4-3-5-11-20)23-16-21(32)17-28(23)34(30,31)22-13-12-18-8-6-7-9-19(18)15-22/h3-13,15,21,23,32H,2,14,16-17H2,1H3/t21-,23+/m1/s1. The third-order valence-corrected chi connectivity index (χ3v) is 9.35. The highest BCUT2D eigenvalue weighted by Gasteiger charge is 2.43. The number of thioether (sulfide) groups is 1. The molecular weight excluding hydrogens is 485 g/mol. The molecule has 176 valence electrons. The monoisotopic (exact) mass is 510 g/mol. The predicted molar refractivity (Wildman–Crippen MR) is 140 cm³/mol. The van der Waals surface area contributed by atoms with Gasteiger partial charge in [-0.15, -0.1) is 10.2 Å². The summed E-state index contributed by atoms with van der Waals surface area (Å²) in [5.74, 6) is 1.54. The van der Waals surface area contributed by atoms with E-state index >= 15 is 0 Å². The van der Waals surface area contributed by atoms with Crippen LogP contribution >= 0.6 is 24.4 Å². The van der Waals surface area contributed by atoms with E-state index in [9.17, 15) is 8.42 Å². The number of fused-ring (bicyclic) bond motifs is 1. The molecule has 0 bridgehead atoms. The fourth-order valence-electron chi connectivity index (χ4n) is 4.35. The van der Waals surface area contributed by atoms with Crippen molar-refractivity contribution in [2.45, 2.75) is 41.1 Å². The van der Waals surface area contributed by atoms with Crippen LogP contribution in [0.2, 0.25) is 0 Å². The fraction of sp³-hybridized carbons (Fsp3) is 0.280. The molecule has 0 amide bonds. The molecule has 1 fully saturated rings. The molecule has 1 aromatic heterocycles. The van der Waals surface area contributed by atoms with Gasteiger partial charge in [-0.3, -0.25) is 4.57 Å². The van der Waals surface area contributed by atoms with Crippen molar-refractivity contribution >= 4 is 45.2 Å². The third kappa shape index (κ3) is 4.37. The quantitative estimate of drug-likeness (QED) is 0.268. The Bertz CT molecular complexity index is 1410. The molecule has 0 spiro atoms. The van der Waals surface area contributed by atoms with E-state index in [0.717, 1.165) is 33.8 Å². The minimum Gasteiger partial charge on any atom is -0.273 e. The average molecular weight is 511 g/mol. The van der Waals surface area contributed by atoms with Crippen LogP contribution in [-0.4, -0.2) is 45.0 Å². The van der Waals surface area contributed by atoms with Crippen molar-refractivity contribution in [3.8, 4) is 5.69 Å². The van der Waals surface area contributed by atoms with Gasteiger partial charge in [0, 0.05) is 23.2 Å². The van der Waals surface area contributed by atoms with E-state index in [-0.39, 0.29) is 10.1 Å². The Kier molecular flexibility index (Phi) is 6.70. The molecule has 0 saturated carbocycles. The van der Waals surface area contributed by atoms with Gasteiger partial charge in [0.1, 0.15) is 0 Å². The Morgan fingerprint density at radius 1 is 1.00 bits per heavy atom. The molecule has 0 aliphatic carbocycles. The number of hydrogen-bond donors (Lipinski definition) is 1. The molecule has 0 unspecified atom stereocenters. The maximum absolute atomic E-state index is 13.9. The maximum atomic E-state index is 13.9. The van der Waals surface area contributed by atoms with Crippen LogP contribution in [0.3, 0.4) is 0 Å². The molecule has 9 heteroatoms. The van der Waals surface area contributed by atoms with Crippen molar-refractivity contribution in [3.05, 3.63) is 78.6 Å². The van der Waals surface area contributed by atoms with E-state index in [0.29, 0.717) is 18.8 Å². The minimum atomic E-state index is -3.77. The Balaban J connectivity index is 1.59. The Morgan fingerprint density at radius 2 is 1.74 bits per heavy atom. The molecule has 6 nitrogen and oxygen atoms in total. The highest BCUT2D eigenvalue weighted by Crippen LogP contribution is 2.40. The number of benzene rings is 3. The van der Waals surface area contributed by atoms with Crippen LogP contribution in [0.4, 0.5) is 0 Å². The van der Waals surface area contributed by atoms with Crippen LogP contribution in [-0.2, 0) is 10.0 Å². The molecule has 0 radical (unpaired) electrons. The number of para-hydroxylation sites is 1. The second-order valence-corrected chi connectivity index (χ2v) is 12.0. The van der Waals surface area contributed by atoms with Gasteiger partial charge >= 0.3 is 0 Å². The molecule has 4 aromatic rings. The lowest BCUT2D eigenvalue weighted by Crippen LogP contribution is -2.32. The first kappa shape index (κ1) is 23.4. The minimum absolute atomic E-state index is 0.0899.